The van der Waals surface area contributed by atoms with Crippen LogP contribution in [0.4, 0.5) is 0 Å². The largest absolute Gasteiger partial charge is 0.481 e. The third-order valence-electron chi connectivity index (χ3n) is 4.69. The van der Waals surface area contributed by atoms with Crippen LogP contribution in [-0.2, 0) is 4.79 Å². The van der Waals surface area contributed by atoms with Crippen LogP contribution in [0.5, 0.6) is 0 Å². The maximum Gasteiger partial charge on any atom is 0.309 e. The van der Waals surface area contributed by atoms with Crippen molar-refractivity contribution in [1.82, 2.24) is 4.90 Å². The lowest BCUT2D eigenvalue weighted by Gasteiger charge is -2.39. The van der Waals surface area contributed by atoms with Crippen LogP contribution in [0.3, 0.4) is 0 Å². The molecule has 1 heterocycles. The van der Waals surface area contributed by atoms with Gasteiger partial charge < -0.3 is 5.11 Å². The van der Waals surface area contributed by atoms with E-state index in [4.69, 9.17) is 0 Å². The molecule has 0 amide bonds. The minimum atomic E-state index is -0.656. The molecular weight excluding hydrogens is 250 g/mol. The number of likely N-dealkylation sites (tertiary alicyclic amines) is 1. The van der Waals surface area contributed by atoms with Gasteiger partial charge in [0.2, 0.25) is 0 Å². The summed E-state index contributed by atoms with van der Waals surface area (Å²) in [4.78, 5) is 13.7. The molecule has 1 aromatic rings. The second-order valence-electron chi connectivity index (χ2n) is 6.50. The molecule has 0 spiro atoms. The number of carbonyl (C=O) groups is 1. The Balaban J connectivity index is 2.08. The molecule has 1 unspecified atom stereocenters. The van der Waals surface area contributed by atoms with E-state index in [1.165, 1.54) is 16.7 Å². The summed E-state index contributed by atoms with van der Waals surface area (Å²) in [6.07, 6.45) is 1.47. The molecule has 1 fully saturated rings. The summed E-state index contributed by atoms with van der Waals surface area (Å²) >= 11 is 0. The van der Waals surface area contributed by atoms with E-state index in [-0.39, 0.29) is 0 Å². The Labute approximate surface area is 121 Å². The fourth-order valence-electron chi connectivity index (χ4n) is 3.08. The summed E-state index contributed by atoms with van der Waals surface area (Å²) in [5.41, 5.74) is 3.37. The standard InChI is InChI=1S/C17H25NO2/c1-12-9-13(2)11-15(10-12)14(3)18-7-5-17(4,6-8-18)16(19)20/h9-11,14H,5-8H2,1-4H3,(H,19,20). The first kappa shape index (κ1) is 15.0. The topological polar surface area (TPSA) is 40.5 Å². The highest BCUT2D eigenvalue weighted by Gasteiger charge is 2.37. The molecule has 1 aliphatic rings. The first-order valence-electron chi connectivity index (χ1n) is 7.37. The van der Waals surface area contributed by atoms with E-state index in [1.807, 2.05) is 6.92 Å². The Morgan fingerprint density at radius 2 is 1.70 bits per heavy atom. The average Bonchev–Trinajstić information content (AvgIpc) is 2.37. The van der Waals surface area contributed by atoms with Crippen LogP contribution < -0.4 is 0 Å². The molecule has 0 saturated carbocycles. The number of aliphatic carboxylic acids is 1. The molecule has 3 heteroatoms. The normalized spacial score (nSPS) is 20.6. The zero-order valence-electron chi connectivity index (χ0n) is 12.9. The zero-order chi connectivity index (χ0) is 14.9. The Morgan fingerprint density at radius 1 is 1.20 bits per heavy atom. The fourth-order valence-corrected chi connectivity index (χ4v) is 3.08. The molecule has 1 aliphatic heterocycles. The number of nitrogens with zero attached hydrogens (tertiary/aromatic N) is 1. The molecule has 1 N–H and O–H groups in total. The van der Waals surface area contributed by atoms with Gasteiger partial charge in [0.1, 0.15) is 0 Å². The molecule has 0 radical (unpaired) electrons. The van der Waals surface area contributed by atoms with E-state index in [9.17, 15) is 9.90 Å². The summed E-state index contributed by atoms with van der Waals surface area (Å²) in [5, 5.41) is 9.29. The van der Waals surface area contributed by atoms with Crippen LogP contribution >= 0.6 is 0 Å². The van der Waals surface area contributed by atoms with Crippen molar-refractivity contribution in [3.05, 3.63) is 34.9 Å². The van der Waals surface area contributed by atoms with Gasteiger partial charge in [-0.25, -0.2) is 0 Å². The van der Waals surface area contributed by atoms with Crippen molar-refractivity contribution in [2.45, 2.75) is 46.6 Å². The zero-order valence-corrected chi connectivity index (χ0v) is 12.9. The molecule has 3 nitrogen and oxygen atoms in total. The van der Waals surface area contributed by atoms with Gasteiger partial charge in [0, 0.05) is 6.04 Å². The van der Waals surface area contributed by atoms with Crippen molar-refractivity contribution < 1.29 is 9.90 Å². The minimum Gasteiger partial charge on any atom is -0.481 e. The molecule has 2 rings (SSSR count). The van der Waals surface area contributed by atoms with Gasteiger partial charge in [0.05, 0.1) is 5.41 Å². The molecule has 110 valence electrons. The van der Waals surface area contributed by atoms with Gasteiger partial charge in [-0.1, -0.05) is 29.3 Å². The molecule has 1 aromatic carbocycles. The average molecular weight is 275 g/mol. The molecular formula is C17H25NO2. The van der Waals surface area contributed by atoms with Crippen LogP contribution in [-0.4, -0.2) is 29.1 Å². The summed E-state index contributed by atoms with van der Waals surface area (Å²) in [5.74, 6) is -0.656. The number of hydrogen-bond acceptors (Lipinski definition) is 2. The number of benzene rings is 1. The lowest BCUT2D eigenvalue weighted by molar-refractivity contribution is -0.151. The van der Waals surface area contributed by atoms with Crippen molar-refractivity contribution in [2.75, 3.05) is 13.1 Å². The minimum absolute atomic E-state index is 0.354. The highest BCUT2D eigenvalue weighted by atomic mass is 16.4. The predicted octanol–water partition coefficient (Wildman–Crippen LogP) is 3.55. The number of rotatable bonds is 3. The molecule has 20 heavy (non-hydrogen) atoms. The number of piperidine rings is 1. The Hall–Kier alpha value is -1.35. The van der Waals surface area contributed by atoms with Crippen molar-refractivity contribution >= 4 is 5.97 Å². The number of hydrogen-bond donors (Lipinski definition) is 1. The van der Waals surface area contributed by atoms with E-state index in [0.717, 1.165) is 25.9 Å². The van der Waals surface area contributed by atoms with Crippen LogP contribution in [0, 0.1) is 19.3 Å². The van der Waals surface area contributed by atoms with Crippen LogP contribution in [0.1, 0.15) is 49.4 Å². The van der Waals surface area contributed by atoms with Gasteiger partial charge in [-0.3, -0.25) is 9.69 Å². The third kappa shape index (κ3) is 3.04. The molecule has 0 aromatic heterocycles. The second kappa shape index (κ2) is 5.57. The second-order valence-corrected chi connectivity index (χ2v) is 6.50. The highest BCUT2D eigenvalue weighted by Crippen LogP contribution is 2.34. The van der Waals surface area contributed by atoms with Gasteiger partial charge in [0.25, 0.3) is 0 Å². The van der Waals surface area contributed by atoms with Gasteiger partial charge in [0.15, 0.2) is 0 Å². The maximum absolute atomic E-state index is 11.3. The lowest BCUT2D eigenvalue weighted by Crippen LogP contribution is -2.43. The maximum atomic E-state index is 11.3. The van der Waals surface area contributed by atoms with Crippen LogP contribution in [0.25, 0.3) is 0 Å². The Bertz CT molecular complexity index is 481. The van der Waals surface area contributed by atoms with E-state index in [1.54, 1.807) is 0 Å². The number of carboxylic acid groups (broad SMARTS) is 1. The van der Waals surface area contributed by atoms with Crippen LogP contribution in [0.15, 0.2) is 18.2 Å². The first-order valence-corrected chi connectivity index (χ1v) is 7.37. The molecule has 1 saturated heterocycles. The Kier molecular flexibility index (Phi) is 4.19. The lowest BCUT2D eigenvalue weighted by atomic mass is 9.80. The van der Waals surface area contributed by atoms with Crippen molar-refractivity contribution in [3.63, 3.8) is 0 Å². The van der Waals surface area contributed by atoms with Gasteiger partial charge >= 0.3 is 5.97 Å². The Morgan fingerprint density at radius 3 is 2.15 bits per heavy atom. The number of carboxylic acids is 1. The summed E-state index contributed by atoms with van der Waals surface area (Å²) in [6, 6.07) is 7.02. The van der Waals surface area contributed by atoms with Crippen molar-refractivity contribution in [2.24, 2.45) is 5.41 Å². The third-order valence-corrected chi connectivity index (χ3v) is 4.69. The molecule has 1 atom stereocenters. The van der Waals surface area contributed by atoms with E-state index < -0.39 is 11.4 Å². The van der Waals surface area contributed by atoms with Crippen molar-refractivity contribution in [1.29, 1.82) is 0 Å². The van der Waals surface area contributed by atoms with E-state index in [0.29, 0.717) is 6.04 Å². The first-order chi connectivity index (χ1) is 9.32. The predicted molar refractivity (Wildman–Crippen MR) is 80.9 cm³/mol. The van der Waals surface area contributed by atoms with Crippen LogP contribution in [0.2, 0.25) is 0 Å². The quantitative estimate of drug-likeness (QED) is 0.917. The smallest absolute Gasteiger partial charge is 0.309 e. The summed E-state index contributed by atoms with van der Waals surface area (Å²) in [6.45, 7) is 10.1. The monoisotopic (exact) mass is 275 g/mol. The van der Waals surface area contributed by atoms with Gasteiger partial charge in [-0.05, 0) is 59.2 Å². The molecule has 0 bridgehead atoms. The highest BCUT2D eigenvalue weighted by molar-refractivity contribution is 5.74. The number of aryl methyl sites for hydroxylation is 2. The fraction of sp³-hybridized carbons (Fsp3) is 0.588. The van der Waals surface area contributed by atoms with Crippen molar-refractivity contribution in [3.8, 4) is 0 Å². The van der Waals surface area contributed by atoms with Gasteiger partial charge in [-0.15, -0.1) is 0 Å². The molecule has 0 aliphatic carbocycles. The summed E-state index contributed by atoms with van der Waals surface area (Å²) in [7, 11) is 0. The SMILES string of the molecule is Cc1cc(C)cc(C(C)N2CCC(C)(C(=O)O)CC2)c1. The summed E-state index contributed by atoms with van der Waals surface area (Å²) < 4.78 is 0. The van der Waals surface area contributed by atoms with E-state index >= 15 is 0 Å². The van der Waals surface area contributed by atoms with E-state index in [2.05, 4.69) is 43.9 Å². The van der Waals surface area contributed by atoms with Gasteiger partial charge in [-0.2, -0.15) is 0 Å².